The Labute approximate surface area is 142 Å². The molecule has 2 fully saturated rings. The third-order valence-electron chi connectivity index (χ3n) is 5.23. The van der Waals surface area contributed by atoms with Crippen molar-refractivity contribution in [2.24, 2.45) is 5.92 Å². The lowest BCUT2D eigenvalue weighted by Crippen LogP contribution is -2.42. The molecule has 1 aromatic rings. The first-order chi connectivity index (χ1) is 11.6. The molecule has 0 radical (unpaired) electrons. The van der Waals surface area contributed by atoms with Gasteiger partial charge in [-0.3, -0.25) is 0 Å². The second-order valence-corrected chi connectivity index (χ2v) is 6.85. The Morgan fingerprint density at radius 2 is 2.04 bits per heavy atom. The summed E-state index contributed by atoms with van der Waals surface area (Å²) < 4.78 is 13.7. The lowest BCUT2D eigenvalue weighted by molar-refractivity contribution is 0.152. The normalized spacial score (nSPS) is 24.3. The van der Waals surface area contributed by atoms with Crippen molar-refractivity contribution in [3.05, 3.63) is 24.0 Å². The molecule has 6 heteroatoms. The van der Waals surface area contributed by atoms with E-state index in [2.05, 4.69) is 10.2 Å². The molecule has 0 bridgehead atoms. The second kappa shape index (κ2) is 7.38. The number of benzene rings is 1. The number of aliphatic hydroxyl groups is 1. The lowest BCUT2D eigenvalue weighted by Gasteiger charge is -2.31. The number of nitrogens with one attached hydrogen (secondary N) is 1. The molecular weight excluding hydrogens is 309 g/mol. The van der Waals surface area contributed by atoms with Crippen molar-refractivity contribution >= 4 is 17.4 Å². The Hall–Kier alpha value is -1.82. The molecule has 0 aromatic heterocycles. The monoisotopic (exact) mass is 335 g/mol. The van der Waals surface area contributed by atoms with Crippen LogP contribution in [0.15, 0.2) is 18.2 Å². The van der Waals surface area contributed by atoms with Gasteiger partial charge in [-0.05, 0) is 49.8 Å². The Bertz CT molecular complexity index is 590. The molecule has 0 unspecified atom stereocenters. The summed E-state index contributed by atoms with van der Waals surface area (Å²) in [6.07, 6.45) is 4.31. The summed E-state index contributed by atoms with van der Waals surface area (Å²) in [7, 11) is 0. The standard InChI is InChI=1S/C18H26FN3O2/c1-13-7-10-22(17(13)12-23)18(24)20-15-11-14(19)5-6-16(15)21-8-3-2-4-9-21/h5-6,11,13,17,23H,2-4,7-10,12H2,1H3,(H,20,24)/t13-,17-/m1/s1. The molecule has 2 aliphatic rings. The van der Waals surface area contributed by atoms with Gasteiger partial charge in [0.15, 0.2) is 0 Å². The summed E-state index contributed by atoms with van der Waals surface area (Å²) in [6.45, 7) is 4.46. The molecular formula is C18H26FN3O2. The number of nitrogens with zero attached hydrogens (tertiary/aromatic N) is 2. The number of rotatable bonds is 3. The van der Waals surface area contributed by atoms with Gasteiger partial charge in [0.2, 0.25) is 0 Å². The van der Waals surface area contributed by atoms with Crippen LogP contribution < -0.4 is 10.2 Å². The minimum absolute atomic E-state index is 0.0449. The number of aliphatic hydroxyl groups excluding tert-OH is 1. The van der Waals surface area contributed by atoms with Crippen LogP contribution in [-0.4, -0.2) is 48.3 Å². The maximum absolute atomic E-state index is 13.7. The Morgan fingerprint density at radius 3 is 2.75 bits per heavy atom. The average molecular weight is 335 g/mol. The van der Waals surface area contributed by atoms with Crippen LogP contribution in [0.3, 0.4) is 0 Å². The summed E-state index contributed by atoms with van der Waals surface area (Å²) in [4.78, 5) is 16.5. The number of urea groups is 1. The molecule has 5 nitrogen and oxygen atoms in total. The molecule has 24 heavy (non-hydrogen) atoms. The highest BCUT2D eigenvalue weighted by atomic mass is 19.1. The van der Waals surface area contributed by atoms with Crippen molar-refractivity contribution in [1.29, 1.82) is 0 Å². The minimum Gasteiger partial charge on any atom is -0.394 e. The quantitative estimate of drug-likeness (QED) is 0.893. The molecule has 2 heterocycles. The van der Waals surface area contributed by atoms with Gasteiger partial charge in [-0.2, -0.15) is 0 Å². The van der Waals surface area contributed by atoms with E-state index >= 15 is 0 Å². The zero-order valence-corrected chi connectivity index (χ0v) is 14.2. The van der Waals surface area contributed by atoms with E-state index in [0.29, 0.717) is 12.2 Å². The van der Waals surface area contributed by atoms with E-state index in [9.17, 15) is 14.3 Å². The highest BCUT2D eigenvalue weighted by molar-refractivity contribution is 5.93. The van der Waals surface area contributed by atoms with Crippen molar-refractivity contribution in [3.8, 4) is 0 Å². The first kappa shape index (κ1) is 17.0. The number of anilines is 2. The van der Waals surface area contributed by atoms with Crippen molar-refractivity contribution in [2.75, 3.05) is 36.5 Å². The predicted octanol–water partition coefficient (Wildman–Crippen LogP) is 3.05. The number of likely N-dealkylation sites (tertiary alicyclic amines) is 1. The van der Waals surface area contributed by atoms with Crippen LogP contribution >= 0.6 is 0 Å². The molecule has 2 atom stereocenters. The van der Waals surface area contributed by atoms with E-state index in [1.54, 1.807) is 11.0 Å². The van der Waals surface area contributed by atoms with E-state index in [-0.39, 0.29) is 30.4 Å². The summed E-state index contributed by atoms with van der Waals surface area (Å²) in [5, 5.41) is 12.4. The van der Waals surface area contributed by atoms with Gasteiger partial charge >= 0.3 is 6.03 Å². The fraction of sp³-hybridized carbons (Fsp3) is 0.611. The third-order valence-corrected chi connectivity index (χ3v) is 5.23. The molecule has 2 aliphatic heterocycles. The second-order valence-electron chi connectivity index (χ2n) is 6.85. The largest absolute Gasteiger partial charge is 0.394 e. The number of hydrogen-bond acceptors (Lipinski definition) is 3. The molecule has 2 N–H and O–H groups in total. The molecule has 0 aliphatic carbocycles. The fourth-order valence-corrected chi connectivity index (χ4v) is 3.74. The van der Waals surface area contributed by atoms with Crippen molar-refractivity contribution < 1.29 is 14.3 Å². The maximum atomic E-state index is 13.7. The fourth-order valence-electron chi connectivity index (χ4n) is 3.74. The Morgan fingerprint density at radius 1 is 1.29 bits per heavy atom. The maximum Gasteiger partial charge on any atom is 0.322 e. The van der Waals surface area contributed by atoms with Gasteiger partial charge < -0.3 is 20.2 Å². The van der Waals surface area contributed by atoms with Crippen LogP contribution in [0.5, 0.6) is 0 Å². The molecule has 1 aromatic carbocycles. The first-order valence-electron chi connectivity index (χ1n) is 8.83. The van der Waals surface area contributed by atoms with Gasteiger partial charge in [-0.15, -0.1) is 0 Å². The summed E-state index contributed by atoms with van der Waals surface area (Å²) in [6, 6.07) is 4.13. The van der Waals surface area contributed by atoms with Crippen LogP contribution in [0.2, 0.25) is 0 Å². The average Bonchev–Trinajstić information content (AvgIpc) is 2.96. The molecule has 2 saturated heterocycles. The highest BCUT2D eigenvalue weighted by Gasteiger charge is 2.34. The first-order valence-corrected chi connectivity index (χ1v) is 8.83. The Kier molecular flexibility index (Phi) is 5.23. The number of carbonyl (C=O) groups is 1. The third kappa shape index (κ3) is 3.48. The molecule has 0 spiro atoms. The summed E-state index contributed by atoms with van der Waals surface area (Å²) in [5.74, 6) is -0.0885. The van der Waals surface area contributed by atoms with Gasteiger partial charge in [0, 0.05) is 19.6 Å². The minimum atomic E-state index is -0.362. The van der Waals surface area contributed by atoms with Gasteiger partial charge in [0.25, 0.3) is 0 Å². The summed E-state index contributed by atoms with van der Waals surface area (Å²) >= 11 is 0. The molecule has 0 saturated carbocycles. The number of amides is 2. The van der Waals surface area contributed by atoms with Crippen molar-refractivity contribution in [2.45, 2.75) is 38.6 Å². The van der Waals surface area contributed by atoms with E-state index < -0.39 is 0 Å². The van der Waals surface area contributed by atoms with Crippen LogP contribution in [-0.2, 0) is 0 Å². The number of carbonyl (C=O) groups excluding carboxylic acids is 1. The van der Waals surface area contributed by atoms with Crippen LogP contribution in [0, 0.1) is 11.7 Å². The zero-order valence-electron chi connectivity index (χ0n) is 14.2. The van der Waals surface area contributed by atoms with E-state index in [0.717, 1.165) is 38.0 Å². The smallest absolute Gasteiger partial charge is 0.322 e. The van der Waals surface area contributed by atoms with Gasteiger partial charge in [0.1, 0.15) is 5.82 Å². The zero-order chi connectivity index (χ0) is 17.1. The highest BCUT2D eigenvalue weighted by Crippen LogP contribution is 2.31. The number of halogens is 1. The lowest BCUT2D eigenvalue weighted by atomic mass is 10.0. The topological polar surface area (TPSA) is 55.8 Å². The molecule has 3 rings (SSSR count). The SMILES string of the molecule is C[C@@H]1CCN(C(=O)Nc2cc(F)ccc2N2CCCCC2)[C@@H]1CO. The number of hydrogen-bond donors (Lipinski definition) is 2. The van der Waals surface area contributed by atoms with Gasteiger partial charge in [-0.1, -0.05) is 6.92 Å². The van der Waals surface area contributed by atoms with E-state index in [1.807, 2.05) is 6.92 Å². The van der Waals surface area contributed by atoms with Crippen molar-refractivity contribution in [3.63, 3.8) is 0 Å². The van der Waals surface area contributed by atoms with Gasteiger partial charge in [0.05, 0.1) is 24.0 Å². The number of piperidine rings is 1. The van der Waals surface area contributed by atoms with Gasteiger partial charge in [-0.25, -0.2) is 9.18 Å². The van der Waals surface area contributed by atoms with E-state index in [4.69, 9.17) is 0 Å². The van der Waals surface area contributed by atoms with Crippen LogP contribution in [0.1, 0.15) is 32.6 Å². The van der Waals surface area contributed by atoms with E-state index in [1.165, 1.54) is 18.6 Å². The molecule has 132 valence electrons. The predicted molar refractivity (Wildman–Crippen MR) is 92.8 cm³/mol. The van der Waals surface area contributed by atoms with Crippen molar-refractivity contribution in [1.82, 2.24) is 4.90 Å². The Balaban J connectivity index is 1.78. The molecule has 2 amide bonds. The van der Waals surface area contributed by atoms with Crippen LogP contribution in [0.4, 0.5) is 20.6 Å². The summed E-state index contributed by atoms with van der Waals surface area (Å²) in [5.41, 5.74) is 1.38. The van der Waals surface area contributed by atoms with Crippen LogP contribution in [0.25, 0.3) is 0 Å².